The normalized spacial score (nSPS) is 35.2. The summed E-state index contributed by atoms with van der Waals surface area (Å²) >= 11 is 0. The quantitative estimate of drug-likeness (QED) is 0.392. The molecule has 11 heteroatoms. The van der Waals surface area contributed by atoms with Crippen molar-refractivity contribution in [2.45, 2.75) is 89.6 Å². The number of amides is 2. The van der Waals surface area contributed by atoms with Gasteiger partial charge in [-0.25, -0.2) is 4.79 Å². The molecule has 3 heterocycles. The maximum atomic E-state index is 13.7. The number of aliphatic hydroxyl groups is 1. The van der Waals surface area contributed by atoms with Crippen LogP contribution in [0, 0.1) is 11.8 Å². The number of esters is 1. The predicted molar refractivity (Wildman–Crippen MR) is 159 cm³/mol. The van der Waals surface area contributed by atoms with Gasteiger partial charge in [0.1, 0.15) is 29.7 Å². The summed E-state index contributed by atoms with van der Waals surface area (Å²) in [6.45, 7) is 9.04. The highest BCUT2D eigenvalue weighted by Crippen LogP contribution is 2.49. The van der Waals surface area contributed by atoms with Gasteiger partial charge in [-0.2, -0.15) is 0 Å². The number of anilines is 1. The zero-order chi connectivity index (χ0) is 31.7. The Morgan fingerprint density at radius 3 is 2.58 bits per heavy atom. The Hall–Kier alpha value is -3.41. The van der Waals surface area contributed by atoms with E-state index in [2.05, 4.69) is 5.32 Å². The van der Waals surface area contributed by atoms with Crippen LogP contribution in [0.3, 0.4) is 0 Å². The van der Waals surface area contributed by atoms with Crippen LogP contribution in [0.2, 0.25) is 0 Å². The fourth-order valence-corrected chi connectivity index (χ4v) is 5.82. The van der Waals surface area contributed by atoms with Crippen LogP contribution in [0.1, 0.15) is 53.0 Å². The Bertz CT molecular complexity index is 1290. The van der Waals surface area contributed by atoms with Crippen LogP contribution in [-0.4, -0.2) is 80.1 Å². The minimum atomic E-state index is -1.75. The summed E-state index contributed by atoms with van der Waals surface area (Å²) in [5, 5.41) is 14.1. The van der Waals surface area contributed by atoms with Crippen LogP contribution in [-0.2, 0) is 35.0 Å². The van der Waals surface area contributed by atoms with Gasteiger partial charge >= 0.3 is 12.1 Å². The van der Waals surface area contributed by atoms with Crippen molar-refractivity contribution >= 4 is 23.7 Å². The lowest BCUT2D eigenvalue weighted by Crippen LogP contribution is -2.63. The molecule has 0 spiro atoms. The minimum Gasteiger partial charge on any atom is -0.497 e. The van der Waals surface area contributed by atoms with Crippen molar-refractivity contribution in [1.29, 1.82) is 0 Å². The number of carbonyl (C=O) groups excluding carboxylic acids is 3. The summed E-state index contributed by atoms with van der Waals surface area (Å²) < 4.78 is 28.8. The number of epoxide rings is 1. The summed E-state index contributed by atoms with van der Waals surface area (Å²) in [4.78, 5) is 40.6. The number of methoxy groups -OCH3 is 2. The van der Waals surface area contributed by atoms with Crippen molar-refractivity contribution < 1.29 is 43.2 Å². The molecule has 0 aliphatic carbocycles. The molecule has 43 heavy (non-hydrogen) atoms. The second kappa shape index (κ2) is 12.7. The monoisotopic (exact) mass is 600 g/mol. The highest BCUT2D eigenvalue weighted by atomic mass is 16.7. The van der Waals surface area contributed by atoms with Gasteiger partial charge in [0.05, 0.1) is 25.6 Å². The highest BCUT2D eigenvalue weighted by Gasteiger charge is 2.64. The van der Waals surface area contributed by atoms with E-state index in [9.17, 15) is 19.5 Å². The van der Waals surface area contributed by atoms with Gasteiger partial charge in [0.2, 0.25) is 5.91 Å². The summed E-state index contributed by atoms with van der Waals surface area (Å²) in [5.41, 5.74) is -0.226. The highest BCUT2D eigenvalue weighted by molar-refractivity contribution is 5.93. The first-order valence-electron chi connectivity index (χ1n) is 14.6. The second-order valence-corrected chi connectivity index (χ2v) is 12.3. The molecule has 3 aliphatic heterocycles. The molecule has 7 atom stereocenters. The standard InChI is InChI=1S/C32H44N2O9/c1-18(2)29(36)42-26-16-27(35)34(6)22-13-21(14-23(15-22)39-7)12-19(3)10-9-11-25(40-8)32(38)17-24(41-30(37)33-32)20(4)28-31(26,5)43-28/h9-11,13-15,18,20,24-26,28,38H,12,16-17H2,1-8H3,(H,33,37)/b11-9-,19-10-/t20-,24+,25-,26?,28+,31+,32+/m1/s1. The van der Waals surface area contributed by atoms with Crippen molar-refractivity contribution in [2.24, 2.45) is 11.8 Å². The zero-order valence-corrected chi connectivity index (χ0v) is 26.2. The van der Waals surface area contributed by atoms with E-state index in [0.717, 1.165) is 11.1 Å². The van der Waals surface area contributed by atoms with Gasteiger partial charge in [-0.1, -0.05) is 44.6 Å². The molecule has 1 aromatic rings. The topological polar surface area (TPSA) is 136 Å². The van der Waals surface area contributed by atoms with Crippen LogP contribution in [0.5, 0.6) is 5.75 Å². The lowest BCUT2D eigenvalue weighted by molar-refractivity contribution is -0.157. The number of allylic oxidation sites excluding steroid dienone is 3. The molecule has 236 valence electrons. The molecule has 2 saturated heterocycles. The first-order chi connectivity index (χ1) is 20.2. The summed E-state index contributed by atoms with van der Waals surface area (Å²) in [5.74, 6) is -0.963. The number of nitrogens with zero attached hydrogens (tertiary/aromatic N) is 1. The molecule has 2 amide bonds. The van der Waals surface area contributed by atoms with Gasteiger partial charge in [-0.15, -0.1) is 0 Å². The molecule has 1 unspecified atom stereocenters. The second-order valence-electron chi connectivity index (χ2n) is 12.3. The third kappa shape index (κ3) is 7.05. The number of rotatable bonds is 4. The van der Waals surface area contributed by atoms with Gasteiger partial charge in [0.15, 0.2) is 5.72 Å². The molecule has 11 nitrogen and oxygen atoms in total. The van der Waals surface area contributed by atoms with Crippen LogP contribution >= 0.6 is 0 Å². The maximum Gasteiger partial charge on any atom is 0.409 e. The Balaban J connectivity index is 1.77. The van der Waals surface area contributed by atoms with Crippen molar-refractivity contribution in [3.05, 3.63) is 47.6 Å². The van der Waals surface area contributed by atoms with E-state index in [1.165, 1.54) is 12.0 Å². The number of nitrogens with one attached hydrogen (secondary N) is 1. The van der Waals surface area contributed by atoms with Crippen molar-refractivity contribution in [1.82, 2.24) is 5.32 Å². The first-order valence-corrected chi connectivity index (χ1v) is 14.6. The lowest BCUT2D eigenvalue weighted by atomic mass is 9.83. The average molecular weight is 601 g/mol. The zero-order valence-electron chi connectivity index (χ0n) is 26.2. The fourth-order valence-electron chi connectivity index (χ4n) is 5.82. The molecule has 4 rings (SSSR count). The number of ether oxygens (including phenoxy) is 5. The van der Waals surface area contributed by atoms with Gasteiger partial charge in [0, 0.05) is 38.2 Å². The maximum absolute atomic E-state index is 13.7. The predicted octanol–water partition coefficient (Wildman–Crippen LogP) is 3.67. The molecule has 2 N–H and O–H groups in total. The number of hydrogen-bond acceptors (Lipinski definition) is 9. The minimum absolute atomic E-state index is 0.0190. The van der Waals surface area contributed by atoms with Crippen molar-refractivity contribution in [3.63, 3.8) is 0 Å². The molecule has 0 radical (unpaired) electrons. The van der Waals surface area contributed by atoms with Crippen LogP contribution in [0.25, 0.3) is 0 Å². The number of fused-ring (bicyclic) bond motifs is 5. The molecular weight excluding hydrogens is 556 g/mol. The van der Waals surface area contributed by atoms with E-state index in [-0.39, 0.29) is 18.7 Å². The van der Waals surface area contributed by atoms with E-state index in [1.54, 1.807) is 53.1 Å². The van der Waals surface area contributed by atoms with E-state index in [1.807, 2.05) is 32.1 Å². The fraction of sp³-hybridized carbons (Fsp3) is 0.594. The third-order valence-corrected chi connectivity index (χ3v) is 8.59. The van der Waals surface area contributed by atoms with E-state index >= 15 is 0 Å². The van der Waals surface area contributed by atoms with E-state index in [4.69, 9.17) is 23.7 Å². The molecule has 3 aliphatic rings. The number of carbonyl (C=O) groups is 3. The third-order valence-electron chi connectivity index (χ3n) is 8.59. The summed E-state index contributed by atoms with van der Waals surface area (Å²) in [7, 11) is 4.70. The van der Waals surface area contributed by atoms with E-state index < -0.39 is 59.6 Å². The summed E-state index contributed by atoms with van der Waals surface area (Å²) in [6.07, 6.45) is 1.98. The van der Waals surface area contributed by atoms with Crippen LogP contribution < -0.4 is 15.0 Å². The van der Waals surface area contributed by atoms with Gasteiger partial charge in [0.25, 0.3) is 0 Å². The van der Waals surface area contributed by atoms with Gasteiger partial charge < -0.3 is 33.7 Å². The average Bonchev–Trinajstić information content (AvgIpc) is 3.64. The summed E-state index contributed by atoms with van der Waals surface area (Å²) in [6, 6.07) is 5.60. The number of benzene rings is 1. The van der Waals surface area contributed by atoms with Gasteiger partial charge in [-0.3, -0.25) is 14.9 Å². The lowest BCUT2D eigenvalue weighted by Gasteiger charge is -2.42. The van der Waals surface area contributed by atoms with Crippen LogP contribution in [0.15, 0.2) is 42.0 Å². The van der Waals surface area contributed by atoms with Gasteiger partial charge in [-0.05, 0) is 38.0 Å². The Morgan fingerprint density at radius 1 is 1.21 bits per heavy atom. The van der Waals surface area contributed by atoms with Crippen LogP contribution in [0.4, 0.5) is 10.5 Å². The molecule has 0 saturated carbocycles. The first kappa shape index (κ1) is 32.5. The molecule has 2 fully saturated rings. The van der Waals surface area contributed by atoms with Crippen molar-refractivity contribution in [2.75, 3.05) is 26.2 Å². The Morgan fingerprint density at radius 2 is 1.93 bits per heavy atom. The van der Waals surface area contributed by atoms with Crippen molar-refractivity contribution in [3.8, 4) is 5.75 Å². The number of alkyl carbamates (subject to hydrolysis) is 1. The van der Waals surface area contributed by atoms with E-state index in [0.29, 0.717) is 17.9 Å². The molecular formula is C32H44N2O9. The Labute approximate surface area is 253 Å². The number of hydrogen-bond donors (Lipinski definition) is 2. The SMILES string of the molecule is COc1cc2cc(c1)N(C)C(=O)CC(OC(=O)C(C)C)[C@]1(C)O[C@H]1[C@H](C)[C@@H]1C[C@@](O)(NC(=O)O1)[C@H](OC)/C=C\C=C(\C)C2. The largest absolute Gasteiger partial charge is 0.497 e. The molecule has 1 aromatic carbocycles. The molecule has 0 aromatic heterocycles. The Kier molecular flexibility index (Phi) is 9.58. The molecule has 4 bridgehead atoms. The smallest absolute Gasteiger partial charge is 0.409 e.